The van der Waals surface area contributed by atoms with Gasteiger partial charge in [-0.3, -0.25) is 19.5 Å². The van der Waals surface area contributed by atoms with Crippen LogP contribution in [0.2, 0.25) is 0 Å². The number of carbonyl (C=O) groups excluding carboxylic acids is 2. The van der Waals surface area contributed by atoms with E-state index in [9.17, 15) is 9.59 Å². The molecule has 0 N–H and O–H groups in total. The molecule has 0 saturated carbocycles. The first-order chi connectivity index (χ1) is 15.5. The Morgan fingerprint density at radius 2 is 1.97 bits per heavy atom. The number of aryl methyl sites for hydroxylation is 1. The zero-order chi connectivity index (χ0) is 22.2. The van der Waals surface area contributed by atoms with Gasteiger partial charge in [0.05, 0.1) is 12.8 Å². The summed E-state index contributed by atoms with van der Waals surface area (Å²) < 4.78 is 10.9. The van der Waals surface area contributed by atoms with Crippen molar-refractivity contribution in [2.75, 3.05) is 25.2 Å². The minimum Gasteiger partial charge on any atom is -0.497 e. The van der Waals surface area contributed by atoms with Gasteiger partial charge in [-0.25, -0.2) is 4.98 Å². The van der Waals surface area contributed by atoms with Gasteiger partial charge >= 0.3 is 0 Å². The Labute approximate surface area is 185 Å². The van der Waals surface area contributed by atoms with Crippen molar-refractivity contribution in [3.8, 4) is 22.8 Å². The molecule has 0 atom stereocenters. The number of nitrogens with zero attached hydrogens (tertiary/aromatic N) is 4. The van der Waals surface area contributed by atoms with Crippen molar-refractivity contribution in [2.45, 2.75) is 20.0 Å². The van der Waals surface area contributed by atoms with Gasteiger partial charge < -0.3 is 14.4 Å². The van der Waals surface area contributed by atoms with Gasteiger partial charge in [-0.05, 0) is 53.9 Å². The molecule has 8 heteroatoms. The van der Waals surface area contributed by atoms with Crippen LogP contribution in [0, 0.1) is 6.92 Å². The molecule has 0 radical (unpaired) electrons. The smallest absolute Gasteiger partial charge is 0.266 e. The number of fused-ring (bicyclic) bond motifs is 2. The highest BCUT2D eigenvalue weighted by molar-refractivity contribution is 6.01. The molecule has 0 spiro atoms. The average Bonchev–Trinajstić information content (AvgIpc) is 3.24. The van der Waals surface area contributed by atoms with Gasteiger partial charge in [0.25, 0.3) is 5.91 Å². The van der Waals surface area contributed by atoms with E-state index in [0.29, 0.717) is 24.7 Å². The highest BCUT2D eigenvalue weighted by Gasteiger charge is 2.32. The summed E-state index contributed by atoms with van der Waals surface area (Å²) in [5, 5.41) is 0. The molecule has 2 aliphatic heterocycles. The number of pyridine rings is 2. The lowest BCUT2D eigenvalue weighted by molar-refractivity contribution is -0.132. The largest absolute Gasteiger partial charge is 0.497 e. The first-order valence-electron chi connectivity index (χ1n) is 10.3. The molecule has 0 aliphatic carbocycles. The molecule has 32 heavy (non-hydrogen) atoms. The maximum absolute atomic E-state index is 13.0. The molecule has 0 unspecified atom stereocenters. The second-order valence-electron chi connectivity index (χ2n) is 7.92. The molecule has 5 rings (SSSR count). The lowest BCUT2D eigenvalue weighted by Crippen LogP contribution is -2.45. The quantitative estimate of drug-likeness (QED) is 0.633. The molecule has 2 aromatic heterocycles. The van der Waals surface area contributed by atoms with Crippen LogP contribution in [-0.4, -0.2) is 46.9 Å². The predicted molar refractivity (Wildman–Crippen MR) is 117 cm³/mol. The van der Waals surface area contributed by atoms with Crippen LogP contribution in [0.15, 0.2) is 48.8 Å². The van der Waals surface area contributed by atoms with Crippen molar-refractivity contribution in [1.82, 2.24) is 14.9 Å². The molecular formula is C24H22N4O4. The monoisotopic (exact) mass is 430 g/mol. The summed E-state index contributed by atoms with van der Waals surface area (Å²) in [7, 11) is 1.62. The summed E-state index contributed by atoms with van der Waals surface area (Å²) in [6, 6.07) is 11.5. The van der Waals surface area contributed by atoms with E-state index < -0.39 is 0 Å². The number of benzene rings is 1. The number of hydrogen-bond donors (Lipinski definition) is 0. The van der Waals surface area contributed by atoms with E-state index in [4.69, 9.17) is 9.47 Å². The number of amides is 2. The standard InChI is InChI=1S/C24H22N4O4/c1-15-5-6-25-20(7-15)17-9-21-24(26-10-17)28(23(30)14-32-21)13-22(29)27-11-16-3-4-19(31-2)8-18(16)12-27/h3-10H,11-14H2,1-2H3. The Hall–Kier alpha value is -3.94. The van der Waals surface area contributed by atoms with Crippen LogP contribution >= 0.6 is 0 Å². The molecule has 8 nitrogen and oxygen atoms in total. The van der Waals surface area contributed by atoms with Crippen molar-refractivity contribution in [3.05, 3.63) is 65.5 Å². The third-order valence-electron chi connectivity index (χ3n) is 5.73. The number of aromatic nitrogens is 2. The van der Waals surface area contributed by atoms with E-state index in [-0.39, 0.29) is 25.0 Å². The van der Waals surface area contributed by atoms with E-state index >= 15 is 0 Å². The highest BCUT2D eigenvalue weighted by atomic mass is 16.5. The number of hydrogen-bond acceptors (Lipinski definition) is 6. The minimum absolute atomic E-state index is 0.0879. The van der Waals surface area contributed by atoms with Crippen LogP contribution in [0.5, 0.6) is 11.5 Å². The van der Waals surface area contributed by atoms with Crippen LogP contribution in [0.4, 0.5) is 5.82 Å². The molecule has 2 amide bonds. The number of carbonyl (C=O) groups is 2. The van der Waals surface area contributed by atoms with Gasteiger partial charge in [-0.1, -0.05) is 6.07 Å². The van der Waals surface area contributed by atoms with E-state index in [2.05, 4.69) is 9.97 Å². The van der Waals surface area contributed by atoms with Gasteiger partial charge in [0.1, 0.15) is 12.3 Å². The maximum atomic E-state index is 13.0. The first-order valence-corrected chi connectivity index (χ1v) is 10.3. The highest BCUT2D eigenvalue weighted by Crippen LogP contribution is 2.34. The van der Waals surface area contributed by atoms with E-state index in [1.54, 1.807) is 24.4 Å². The Balaban J connectivity index is 1.36. The number of anilines is 1. The van der Waals surface area contributed by atoms with Gasteiger partial charge in [-0.2, -0.15) is 0 Å². The fourth-order valence-electron chi connectivity index (χ4n) is 3.99. The second kappa shape index (κ2) is 7.96. The Bertz CT molecular complexity index is 1230. The van der Waals surface area contributed by atoms with Crippen molar-refractivity contribution in [3.63, 3.8) is 0 Å². The minimum atomic E-state index is -0.293. The molecule has 0 bridgehead atoms. The molecule has 2 aliphatic rings. The summed E-state index contributed by atoms with van der Waals surface area (Å²) in [6.45, 7) is 2.77. The normalized spacial score (nSPS) is 14.6. The fraction of sp³-hybridized carbons (Fsp3) is 0.250. The lowest BCUT2D eigenvalue weighted by Gasteiger charge is -2.29. The fourth-order valence-corrected chi connectivity index (χ4v) is 3.99. The van der Waals surface area contributed by atoms with Gasteiger partial charge in [-0.15, -0.1) is 0 Å². The Kier molecular flexibility index (Phi) is 4.97. The zero-order valence-corrected chi connectivity index (χ0v) is 17.9. The van der Waals surface area contributed by atoms with Crippen LogP contribution in [0.1, 0.15) is 16.7 Å². The van der Waals surface area contributed by atoms with Crippen molar-refractivity contribution >= 4 is 17.6 Å². The number of rotatable bonds is 4. The topological polar surface area (TPSA) is 84.9 Å². The van der Waals surface area contributed by atoms with Gasteiger partial charge in [0.15, 0.2) is 18.2 Å². The van der Waals surface area contributed by atoms with Crippen LogP contribution in [0.25, 0.3) is 11.3 Å². The van der Waals surface area contributed by atoms with Gasteiger partial charge in [0, 0.05) is 31.0 Å². The lowest BCUT2D eigenvalue weighted by atomic mass is 10.1. The molecular weight excluding hydrogens is 408 g/mol. The Morgan fingerprint density at radius 1 is 1.12 bits per heavy atom. The molecule has 1 aromatic carbocycles. The van der Waals surface area contributed by atoms with Crippen LogP contribution in [-0.2, 0) is 22.7 Å². The summed E-state index contributed by atoms with van der Waals surface area (Å²) >= 11 is 0. The predicted octanol–water partition coefficient (Wildman–Crippen LogP) is 2.73. The molecule has 3 aromatic rings. The number of ether oxygens (including phenoxy) is 2. The van der Waals surface area contributed by atoms with Crippen molar-refractivity contribution < 1.29 is 19.1 Å². The summed E-state index contributed by atoms with van der Waals surface area (Å²) in [5.74, 6) is 1.14. The van der Waals surface area contributed by atoms with E-state index in [1.165, 1.54) is 4.90 Å². The zero-order valence-electron chi connectivity index (χ0n) is 17.9. The van der Waals surface area contributed by atoms with E-state index in [0.717, 1.165) is 33.7 Å². The molecule has 0 fully saturated rings. The van der Waals surface area contributed by atoms with Gasteiger partial charge in [0.2, 0.25) is 5.91 Å². The molecule has 162 valence electrons. The summed E-state index contributed by atoms with van der Waals surface area (Å²) in [5.41, 5.74) is 4.78. The summed E-state index contributed by atoms with van der Waals surface area (Å²) in [6.07, 6.45) is 3.39. The van der Waals surface area contributed by atoms with Crippen LogP contribution < -0.4 is 14.4 Å². The van der Waals surface area contributed by atoms with Crippen LogP contribution in [0.3, 0.4) is 0 Å². The van der Waals surface area contributed by atoms with E-state index in [1.807, 2.05) is 43.3 Å². The van der Waals surface area contributed by atoms with Crippen molar-refractivity contribution in [2.24, 2.45) is 0 Å². The Morgan fingerprint density at radius 3 is 2.78 bits per heavy atom. The third-order valence-corrected chi connectivity index (χ3v) is 5.73. The maximum Gasteiger partial charge on any atom is 0.266 e. The first kappa shape index (κ1) is 20.0. The molecule has 4 heterocycles. The average molecular weight is 430 g/mol. The second-order valence-corrected chi connectivity index (χ2v) is 7.92. The van der Waals surface area contributed by atoms with Crippen molar-refractivity contribution in [1.29, 1.82) is 0 Å². The molecule has 0 saturated heterocycles. The SMILES string of the molecule is COc1ccc2c(c1)CN(C(=O)CN1C(=O)COc3cc(-c4cc(C)ccn4)cnc31)C2. The third kappa shape index (κ3) is 3.64. The summed E-state index contributed by atoms with van der Waals surface area (Å²) in [4.78, 5) is 37.6. The number of methoxy groups -OCH3 is 1.